The fourth-order valence-electron chi connectivity index (χ4n) is 3.55. The van der Waals surface area contributed by atoms with Crippen LogP contribution in [0.25, 0.3) is 16.9 Å². The van der Waals surface area contributed by atoms with E-state index in [1.54, 1.807) is 29.0 Å². The Hall–Kier alpha value is -3.09. The highest BCUT2D eigenvalue weighted by molar-refractivity contribution is 6.03. The fourth-order valence-corrected chi connectivity index (χ4v) is 3.55. The van der Waals surface area contributed by atoms with E-state index in [0.717, 1.165) is 12.2 Å². The second-order valence-corrected chi connectivity index (χ2v) is 6.60. The van der Waals surface area contributed by atoms with Crippen molar-refractivity contribution in [2.75, 3.05) is 11.4 Å². The number of imidazole rings is 1. The monoisotopic (exact) mass is 337 g/mol. The number of nitrogens with zero attached hydrogens (tertiary/aromatic N) is 3. The quantitative estimate of drug-likeness (QED) is 0.749. The zero-order valence-electron chi connectivity index (χ0n) is 14.3. The van der Waals surface area contributed by atoms with Gasteiger partial charge >= 0.3 is 5.69 Å². The van der Waals surface area contributed by atoms with E-state index in [-0.39, 0.29) is 11.6 Å². The van der Waals surface area contributed by atoms with Crippen LogP contribution < -0.4 is 15.9 Å². The van der Waals surface area contributed by atoms with Crippen LogP contribution in [-0.2, 0) is 0 Å². The number of benzene rings is 1. The van der Waals surface area contributed by atoms with Gasteiger partial charge in [-0.05, 0) is 51.1 Å². The number of H-pyrrole nitrogens is 1. The number of aromatic amines is 1. The van der Waals surface area contributed by atoms with Gasteiger partial charge in [0.2, 0.25) is 0 Å². The molecule has 0 saturated heterocycles. The number of anilines is 1. The van der Waals surface area contributed by atoms with Crippen molar-refractivity contribution in [3.05, 3.63) is 52.6 Å². The first-order chi connectivity index (χ1) is 11.9. The molecule has 0 bridgehead atoms. The number of pyridine rings is 1. The first kappa shape index (κ1) is 15.4. The lowest BCUT2D eigenvalue weighted by Crippen LogP contribution is -2.60. The fraction of sp³-hybridized carbons (Fsp3) is 0.278. The lowest BCUT2D eigenvalue weighted by atomic mass is 10.0. The van der Waals surface area contributed by atoms with Gasteiger partial charge in [0.25, 0.3) is 5.91 Å². The maximum absolute atomic E-state index is 12.4. The van der Waals surface area contributed by atoms with Crippen molar-refractivity contribution in [3.8, 4) is 5.69 Å². The Morgan fingerprint density at radius 3 is 2.76 bits per heavy atom. The molecule has 0 fully saturated rings. The molecule has 1 aromatic carbocycles. The molecule has 0 saturated carbocycles. The van der Waals surface area contributed by atoms with Crippen LogP contribution in [0, 0.1) is 0 Å². The van der Waals surface area contributed by atoms with Gasteiger partial charge in [0.15, 0.2) is 5.65 Å². The SMILES string of the molecule is CCN1c2cc(-n3c(=O)[nH]c4ncccc43)ccc2C(=O)NC1(C)C. The molecule has 7 heteroatoms. The number of carbonyl (C=O) groups excluding carboxylic acids is 1. The van der Waals surface area contributed by atoms with E-state index in [2.05, 4.69) is 20.2 Å². The normalized spacial score (nSPS) is 16.0. The van der Waals surface area contributed by atoms with Crippen LogP contribution in [0.3, 0.4) is 0 Å². The molecule has 2 N–H and O–H groups in total. The number of rotatable bonds is 2. The third kappa shape index (κ3) is 2.23. The van der Waals surface area contributed by atoms with Gasteiger partial charge in [-0.25, -0.2) is 9.78 Å². The van der Waals surface area contributed by atoms with Gasteiger partial charge in [0.05, 0.1) is 22.5 Å². The molecule has 128 valence electrons. The van der Waals surface area contributed by atoms with Crippen molar-refractivity contribution >= 4 is 22.8 Å². The first-order valence-electron chi connectivity index (χ1n) is 8.22. The van der Waals surface area contributed by atoms with Crippen molar-refractivity contribution in [2.45, 2.75) is 26.4 Å². The van der Waals surface area contributed by atoms with E-state index >= 15 is 0 Å². The van der Waals surface area contributed by atoms with Gasteiger partial charge in [-0.3, -0.25) is 14.3 Å². The van der Waals surface area contributed by atoms with Gasteiger partial charge in [-0.15, -0.1) is 0 Å². The predicted molar refractivity (Wildman–Crippen MR) is 96.3 cm³/mol. The van der Waals surface area contributed by atoms with Crippen LogP contribution in [0.4, 0.5) is 5.69 Å². The Balaban J connectivity index is 1.96. The number of fused-ring (bicyclic) bond motifs is 2. The molecule has 3 heterocycles. The van der Waals surface area contributed by atoms with Crippen LogP contribution in [0.5, 0.6) is 0 Å². The number of carbonyl (C=O) groups is 1. The smallest absolute Gasteiger partial charge is 0.332 e. The van der Waals surface area contributed by atoms with E-state index in [9.17, 15) is 9.59 Å². The summed E-state index contributed by atoms with van der Waals surface area (Å²) in [6, 6.07) is 9.07. The zero-order valence-corrected chi connectivity index (χ0v) is 14.3. The van der Waals surface area contributed by atoms with Crippen LogP contribution in [0.1, 0.15) is 31.1 Å². The first-order valence-corrected chi connectivity index (χ1v) is 8.22. The summed E-state index contributed by atoms with van der Waals surface area (Å²) in [5.41, 5.74) is 2.62. The third-order valence-electron chi connectivity index (χ3n) is 4.64. The minimum absolute atomic E-state index is 0.107. The molecule has 0 atom stereocenters. The summed E-state index contributed by atoms with van der Waals surface area (Å²) in [4.78, 5) is 33.9. The minimum atomic E-state index is -0.496. The summed E-state index contributed by atoms with van der Waals surface area (Å²) < 4.78 is 1.58. The lowest BCUT2D eigenvalue weighted by Gasteiger charge is -2.44. The molecule has 3 aromatic rings. The number of nitrogens with one attached hydrogen (secondary N) is 2. The maximum atomic E-state index is 12.4. The summed E-state index contributed by atoms with van der Waals surface area (Å²) >= 11 is 0. The topological polar surface area (TPSA) is 83.0 Å². The van der Waals surface area contributed by atoms with Crippen LogP contribution >= 0.6 is 0 Å². The standard InChI is InChI=1S/C18H19N5O2/c1-4-22-14-10-11(7-8-12(14)16(24)21-18(22,2)3)23-13-6-5-9-19-15(13)20-17(23)25/h5-10H,4H2,1-3H3,(H,21,24)(H,19,20,25). The van der Waals surface area contributed by atoms with Gasteiger partial charge in [0.1, 0.15) is 5.66 Å². The Morgan fingerprint density at radius 2 is 2.00 bits per heavy atom. The molecular weight excluding hydrogens is 318 g/mol. The average Bonchev–Trinajstić information content (AvgIpc) is 2.89. The van der Waals surface area contributed by atoms with E-state index in [4.69, 9.17) is 0 Å². The number of hydrogen-bond acceptors (Lipinski definition) is 4. The molecule has 1 aliphatic heterocycles. The minimum Gasteiger partial charge on any atom is -0.349 e. The summed E-state index contributed by atoms with van der Waals surface area (Å²) in [7, 11) is 0. The molecule has 0 spiro atoms. The van der Waals surface area contributed by atoms with Crippen LogP contribution in [0.2, 0.25) is 0 Å². The van der Waals surface area contributed by atoms with Crippen molar-refractivity contribution in [3.63, 3.8) is 0 Å². The number of amides is 1. The number of aromatic nitrogens is 3. The van der Waals surface area contributed by atoms with E-state index < -0.39 is 5.66 Å². The molecule has 2 aromatic heterocycles. The van der Waals surface area contributed by atoms with Crippen LogP contribution in [-0.4, -0.2) is 32.6 Å². The number of hydrogen-bond donors (Lipinski definition) is 2. The molecule has 4 rings (SSSR count). The molecule has 7 nitrogen and oxygen atoms in total. The molecule has 1 amide bonds. The van der Waals surface area contributed by atoms with Gasteiger partial charge in [-0.1, -0.05) is 0 Å². The van der Waals surface area contributed by atoms with Crippen molar-refractivity contribution < 1.29 is 4.79 Å². The lowest BCUT2D eigenvalue weighted by molar-refractivity contribution is 0.0898. The summed E-state index contributed by atoms with van der Waals surface area (Å²) in [6.07, 6.45) is 1.64. The Morgan fingerprint density at radius 1 is 1.20 bits per heavy atom. The largest absolute Gasteiger partial charge is 0.349 e. The van der Waals surface area contributed by atoms with E-state index in [1.165, 1.54) is 0 Å². The van der Waals surface area contributed by atoms with E-state index in [1.807, 2.05) is 32.9 Å². The highest BCUT2D eigenvalue weighted by Crippen LogP contribution is 2.33. The van der Waals surface area contributed by atoms with Crippen molar-refractivity contribution in [2.24, 2.45) is 0 Å². The highest BCUT2D eigenvalue weighted by Gasteiger charge is 2.35. The predicted octanol–water partition coefficient (Wildman–Crippen LogP) is 2.02. The van der Waals surface area contributed by atoms with Crippen LogP contribution in [0.15, 0.2) is 41.3 Å². The summed E-state index contributed by atoms with van der Waals surface area (Å²) in [6.45, 7) is 6.70. The van der Waals surface area contributed by atoms with E-state index in [0.29, 0.717) is 22.4 Å². The molecule has 0 aliphatic carbocycles. The third-order valence-corrected chi connectivity index (χ3v) is 4.64. The van der Waals surface area contributed by atoms with Crippen molar-refractivity contribution in [1.29, 1.82) is 0 Å². The Labute approximate surface area is 144 Å². The van der Waals surface area contributed by atoms with Gasteiger partial charge in [-0.2, -0.15) is 0 Å². The van der Waals surface area contributed by atoms with Gasteiger partial charge < -0.3 is 10.2 Å². The Kier molecular flexibility index (Phi) is 3.21. The molecule has 1 aliphatic rings. The van der Waals surface area contributed by atoms with Gasteiger partial charge in [0, 0.05) is 12.7 Å². The van der Waals surface area contributed by atoms with Crippen molar-refractivity contribution in [1.82, 2.24) is 19.9 Å². The second-order valence-electron chi connectivity index (χ2n) is 6.60. The molecule has 25 heavy (non-hydrogen) atoms. The zero-order chi connectivity index (χ0) is 17.8. The maximum Gasteiger partial charge on any atom is 0.332 e. The Bertz CT molecular complexity index is 1050. The highest BCUT2D eigenvalue weighted by atomic mass is 16.2. The summed E-state index contributed by atoms with van der Waals surface area (Å²) in [5, 5.41) is 3.01. The second kappa shape index (κ2) is 5.20. The molecule has 0 radical (unpaired) electrons. The molecule has 0 unspecified atom stereocenters. The average molecular weight is 337 g/mol. The summed E-state index contributed by atoms with van der Waals surface area (Å²) in [5.74, 6) is -0.107. The molecular formula is C18H19N5O2.